The average Bonchev–Trinajstić information content (AvgIpc) is 2.95. The molecule has 0 unspecified atom stereocenters. The van der Waals surface area contributed by atoms with E-state index in [2.05, 4.69) is 5.32 Å². The van der Waals surface area contributed by atoms with Crippen LogP contribution < -0.4 is 19.7 Å². The number of aryl methyl sites for hydroxylation is 1. The maximum atomic E-state index is 13.3. The fourth-order valence-corrected chi connectivity index (χ4v) is 4.04. The molecule has 0 atom stereocenters. The SMILES string of the molecule is Cc1ccc(COc2cccc(/C=C3/C(=O)NC(=O)N(c4ccc(OCc5ccccc5)cc4)C3=O)c2)cc1. The maximum absolute atomic E-state index is 13.3. The smallest absolute Gasteiger partial charge is 0.335 e. The Morgan fingerprint density at radius 3 is 2.10 bits per heavy atom. The van der Waals surface area contributed by atoms with E-state index in [9.17, 15) is 14.4 Å². The molecule has 7 nitrogen and oxygen atoms in total. The van der Waals surface area contributed by atoms with E-state index in [0.717, 1.165) is 16.0 Å². The summed E-state index contributed by atoms with van der Waals surface area (Å²) in [6.07, 6.45) is 1.45. The van der Waals surface area contributed by atoms with E-state index in [0.29, 0.717) is 36.0 Å². The quantitative estimate of drug-likeness (QED) is 0.235. The molecule has 0 bridgehead atoms. The van der Waals surface area contributed by atoms with Crippen molar-refractivity contribution in [2.24, 2.45) is 0 Å². The highest BCUT2D eigenvalue weighted by Crippen LogP contribution is 2.25. The molecule has 1 N–H and O–H groups in total. The Balaban J connectivity index is 1.30. The van der Waals surface area contributed by atoms with Crippen LogP contribution in [0.4, 0.5) is 10.5 Å². The first-order chi connectivity index (χ1) is 19.0. The molecule has 4 amide bonds. The maximum Gasteiger partial charge on any atom is 0.335 e. The summed E-state index contributed by atoms with van der Waals surface area (Å²) < 4.78 is 11.7. The van der Waals surface area contributed by atoms with Gasteiger partial charge < -0.3 is 9.47 Å². The molecule has 194 valence electrons. The Morgan fingerprint density at radius 1 is 0.718 bits per heavy atom. The molecule has 1 aliphatic rings. The van der Waals surface area contributed by atoms with E-state index in [-0.39, 0.29) is 5.57 Å². The van der Waals surface area contributed by atoms with Gasteiger partial charge in [-0.3, -0.25) is 14.9 Å². The topological polar surface area (TPSA) is 84.9 Å². The zero-order valence-corrected chi connectivity index (χ0v) is 21.3. The number of hydrogen-bond donors (Lipinski definition) is 1. The molecule has 4 aromatic rings. The zero-order chi connectivity index (χ0) is 27.2. The minimum Gasteiger partial charge on any atom is -0.489 e. The molecular weight excluding hydrogens is 492 g/mol. The lowest BCUT2D eigenvalue weighted by molar-refractivity contribution is -0.122. The van der Waals surface area contributed by atoms with Crippen LogP contribution in [0.2, 0.25) is 0 Å². The predicted octanol–water partition coefficient (Wildman–Crippen LogP) is 5.82. The van der Waals surface area contributed by atoms with Gasteiger partial charge >= 0.3 is 6.03 Å². The van der Waals surface area contributed by atoms with Crippen LogP contribution in [0.5, 0.6) is 11.5 Å². The molecule has 1 saturated heterocycles. The second-order valence-electron chi connectivity index (χ2n) is 9.07. The molecule has 39 heavy (non-hydrogen) atoms. The summed E-state index contributed by atoms with van der Waals surface area (Å²) in [6, 6.07) is 30.6. The highest BCUT2D eigenvalue weighted by molar-refractivity contribution is 6.39. The Morgan fingerprint density at radius 2 is 1.38 bits per heavy atom. The molecule has 7 heteroatoms. The Kier molecular flexibility index (Phi) is 7.50. The number of carbonyl (C=O) groups excluding carboxylic acids is 3. The number of anilines is 1. The van der Waals surface area contributed by atoms with Crippen molar-refractivity contribution in [2.75, 3.05) is 4.90 Å². The van der Waals surface area contributed by atoms with Crippen LogP contribution in [-0.4, -0.2) is 17.8 Å². The van der Waals surface area contributed by atoms with E-state index in [1.54, 1.807) is 48.5 Å². The molecule has 1 heterocycles. The van der Waals surface area contributed by atoms with Gasteiger partial charge in [0.2, 0.25) is 0 Å². The van der Waals surface area contributed by atoms with E-state index >= 15 is 0 Å². The highest BCUT2D eigenvalue weighted by atomic mass is 16.5. The Hall–Kier alpha value is -5.17. The zero-order valence-electron chi connectivity index (χ0n) is 21.3. The number of nitrogens with zero attached hydrogens (tertiary/aromatic N) is 1. The molecule has 0 aliphatic carbocycles. The third kappa shape index (κ3) is 6.22. The minimum absolute atomic E-state index is 0.158. The van der Waals surface area contributed by atoms with Gasteiger partial charge in [-0.05, 0) is 66.1 Å². The molecular formula is C32H26N2O5. The van der Waals surface area contributed by atoms with E-state index < -0.39 is 17.8 Å². The van der Waals surface area contributed by atoms with Crippen molar-refractivity contribution in [2.45, 2.75) is 20.1 Å². The first kappa shape index (κ1) is 25.5. The molecule has 1 aliphatic heterocycles. The second-order valence-corrected chi connectivity index (χ2v) is 9.07. The van der Waals surface area contributed by atoms with Gasteiger partial charge in [0.25, 0.3) is 11.8 Å². The largest absolute Gasteiger partial charge is 0.489 e. The summed E-state index contributed by atoms with van der Waals surface area (Å²) in [6.45, 7) is 2.79. The van der Waals surface area contributed by atoms with Crippen molar-refractivity contribution in [3.05, 3.63) is 131 Å². The third-order valence-corrected chi connectivity index (χ3v) is 6.14. The van der Waals surface area contributed by atoms with Gasteiger partial charge in [0.15, 0.2) is 0 Å². The summed E-state index contributed by atoms with van der Waals surface area (Å²) in [5.41, 5.74) is 3.96. The standard InChI is InChI=1S/C32H26N2O5/c1-22-10-12-24(13-11-22)21-39-28-9-5-8-25(18-28)19-29-30(35)33-32(37)34(31(29)36)26-14-16-27(17-15-26)38-20-23-6-3-2-4-7-23/h2-19H,20-21H2,1H3,(H,33,35,37)/b29-19-. The summed E-state index contributed by atoms with van der Waals surface area (Å²) >= 11 is 0. The van der Waals surface area contributed by atoms with Crippen molar-refractivity contribution in [3.63, 3.8) is 0 Å². The first-order valence-corrected chi connectivity index (χ1v) is 12.4. The number of imide groups is 2. The number of urea groups is 1. The summed E-state index contributed by atoms with van der Waals surface area (Å²) in [7, 11) is 0. The monoisotopic (exact) mass is 518 g/mol. The number of carbonyl (C=O) groups is 3. The Bertz CT molecular complexity index is 1530. The fraction of sp³-hybridized carbons (Fsp3) is 0.0938. The second kappa shape index (κ2) is 11.5. The molecule has 0 aromatic heterocycles. The number of ether oxygens (including phenoxy) is 2. The lowest BCUT2D eigenvalue weighted by Crippen LogP contribution is -2.54. The predicted molar refractivity (Wildman–Crippen MR) is 148 cm³/mol. The first-order valence-electron chi connectivity index (χ1n) is 12.4. The normalized spacial score (nSPS) is 14.3. The van der Waals surface area contributed by atoms with Crippen molar-refractivity contribution >= 4 is 29.6 Å². The third-order valence-electron chi connectivity index (χ3n) is 6.14. The number of benzene rings is 4. The van der Waals surface area contributed by atoms with Crippen LogP contribution >= 0.6 is 0 Å². The molecule has 1 fully saturated rings. The molecule has 4 aromatic carbocycles. The van der Waals surface area contributed by atoms with Crippen LogP contribution in [0.3, 0.4) is 0 Å². The highest BCUT2D eigenvalue weighted by Gasteiger charge is 2.36. The number of hydrogen-bond acceptors (Lipinski definition) is 5. The number of rotatable bonds is 8. The average molecular weight is 519 g/mol. The minimum atomic E-state index is -0.810. The van der Waals surface area contributed by atoms with Crippen molar-refractivity contribution in [3.8, 4) is 11.5 Å². The van der Waals surface area contributed by atoms with E-state index in [4.69, 9.17) is 9.47 Å². The van der Waals surface area contributed by atoms with Gasteiger partial charge in [0.05, 0.1) is 5.69 Å². The van der Waals surface area contributed by atoms with Gasteiger partial charge in [-0.15, -0.1) is 0 Å². The molecule has 5 rings (SSSR count). The summed E-state index contributed by atoms with van der Waals surface area (Å²) in [5.74, 6) is -0.294. The van der Waals surface area contributed by atoms with Crippen molar-refractivity contribution in [1.82, 2.24) is 5.32 Å². The molecule has 0 saturated carbocycles. The summed E-state index contributed by atoms with van der Waals surface area (Å²) in [5, 5.41) is 2.25. The van der Waals surface area contributed by atoms with Gasteiger partial charge in [-0.2, -0.15) is 0 Å². The lowest BCUT2D eigenvalue weighted by atomic mass is 10.1. The molecule has 0 spiro atoms. The van der Waals surface area contributed by atoms with Gasteiger partial charge in [0, 0.05) is 0 Å². The summed E-state index contributed by atoms with van der Waals surface area (Å²) in [4.78, 5) is 39.4. The Labute approximate surface area is 226 Å². The number of amides is 4. The molecule has 0 radical (unpaired) electrons. The van der Waals surface area contributed by atoms with Crippen LogP contribution in [0.25, 0.3) is 6.08 Å². The van der Waals surface area contributed by atoms with Crippen LogP contribution in [0.15, 0.2) is 109 Å². The fourth-order valence-electron chi connectivity index (χ4n) is 4.04. The van der Waals surface area contributed by atoms with Crippen LogP contribution in [-0.2, 0) is 22.8 Å². The van der Waals surface area contributed by atoms with E-state index in [1.807, 2.05) is 61.5 Å². The van der Waals surface area contributed by atoms with Crippen LogP contribution in [0.1, 0.15) is 22.3 Å². The van der Waals surface area contributed by atoms with Gasteiger partial charge in [0.1, 0.15) is 30.3 Å². The number of barbiturate groups is 1. The van der Waals surface area contributed by atoms with E-state index in [1.165, 1.54) is 11.6 Å². The lowest BCUT2D eigenvalue weighted by Gasteiger charge is -2.26. The van der Waals surface area contributed by atoms with Crippen molar-refractivity contribution < 1.29 is 23.9 Å². The number of nitrogens with one attached hydrogen (secondary N) is 1. The van der Waals surface area contributed by atoms with Gasteiger partial charge in [-0.25, -0.2) is 9.69 Å². The van der Waals surface area contributed by atoms with Gasteiger partial charge in [-0.1, -0.05) is 72.3 Å². The van der Waals surface area contributed by atoms with Crippen LogP contribution in [0, 0.1) is 6.92 Å². The van der Waals surface area contributed by atoms with Crippen molar-refractivity contribution in [1.29, 1.82) is 0 Å².